The molecular weight excluding hydrogens is 230 g/mol. The highest BCUT2D eigenvalue weighted by atomic mass is 32.2. The van der Waals surface area contributed by atoms with E-state index in [2.05, 4.69) is 43.4 Å². The van der Waals surface area contributed by atoms with E-state index in [1.807, 2.05) is 18.8 Å². The number of thioether (sulfide) groups is 1. The highest BCUT2D eigenvalue weighted by Gasteiger charge is 2.08. The summed E-state index contributed by atoms with van der Waals surface area (Å²) in [6.07, 6.45) is 1.82. The summed E-state index contributed by atoms with van der Waals surface area (Å²) in [6.45, 7) is 4.67. The van der Waals surface area contributed by atoms with Gasteiger partial charge >= 0.3 is 0 Å². The summed E-state index contributed by atoms with van der Waals surface area (Å²) in [6, 6.07) is 9.08. The Balaban J connectivity index is 2.64. The number of aliphatic hydroxyl groups is 1. The van der Waals surface area contributed by atoms with Gasteiger partial charge in [-0.25, -0.2) is 0 Å². The number of aliphatic hydroxyl groups excluding tert-OH is 1. The molecule has 0 heterocycles. The number of rotatable bonds is 7. The predicted octanol–water partition coefficient (Wildman–Crippen LogP) is 3.22. The lowest BCUT2D eigenvalue weighted by Crippen LogP contribution is -2.16. The molecule has 0 aliphatic heterocycles. The summed E-state index contributed by atoms with van der Waals surface area (Å²) in [5.41, 5.74) is 1.30. The lowest BCUT2D eigenvalue weighted by Gasteiger charge is -2.16. The van der Waals surface area contributed by atoms with Gasteiger partial charge in [0.15, 0.2) is 0 Å². The van der Waals surface area contributed by atoms with E-state index in [4.69, 9.17) is 5.11 Å². The van der Waals surface area contributed by atoms with Crippen molar-refractivity contribution in [3.63, 3.8) is 0 Å². The van der Waals surface area contributed by atoms with Gasteiger partial charge in [-0.2, -0.15) is 0 Å². The molecule has 17 heavy (non-hydrogen) atoms. The van der Waals surface area contributed by atoms with Crippen molar-refractivity contribution in [3.8, 4) is 0 Å². The van der Waals surface area contributed by atoms with Gasteiger partial charge in [-0.05, 0) is 37.6 Å². The first-order valence-electron chi connectivity index (χ1n) is 6.22. The molecule has 0 amide bonds. The van der Waals surface area contributed by atoms with Crippen LogP contribution in [0.1, 0.15) is 38.3 Å². The molecule has 1 rings (SSSR count). The molecule has 0 aliphatic carbocycles. The molecule has 0 aromatic heterocycles. The zero-order valence-corrected chi connectivity index (χ0v) is 11.8. The maximum absolute atomic E-state index is 8.87. The smallest absolute Gasteiger partial charge is 0.0431 e. The van der Waals surface area contributed by atoms with E-state index in [0.29, 0.717) is 11.3 Å². The van der Waals surface area contributed by atoms with Crippen molar-refractivity contribution in [1.82, 2.24) is 5.32 Å². The van der Waals surface area contributed by atoms with E-state index < -0.39 is 0 Å². The van der Waals surface area contributed by atoms with Crippen molar-refractivity contribution in [2.45, 2.75) is 42.9 Å². The quantitative estimate of drug-likeness (QED) is 0.732. The van der Waals surface area contributed by atoms with Gasteiger partial charge in [0.25, 0.3) is 0 Å². The van der Waals surface area contributed by atoms with Gasteiger partial charge in [0.2, 0.25) is 0 Å². The first-order chi connectivity index (χ1) is 8.17. The molecule has 0 saturated heterocycles. The fourth-order valence-electron chi connectivity index (χ4n) is 1.82. The van der Waals surface area contributed by atoms with E-state index in [0.717, 1.165) is 12.8 Å². The number of hydrogen-bond acceptors (Lipinski definition) is 3. The second-order valence-corrected chi connectivity index (χ2v) is 6.09. The van der Waals surface area contributed by atoms with Crippen LogP contribution in [0, 0.1) is 0 Å². The molecule has 0 fully saturated rings. The minimum Gasteiger partial charge on any atom is -0.396 e. The summed E-state index contributed by atoms with van der Waals surface area (Å²) in [5.74, 6) is 0. The lowest BCUT2D eigenvalue weighted by atomic mass is 10.0. The standard InChI is InChI=1S/C14H23NOS/c1-11(2)17-13-8-6-12(7-9-13)14(15-3)5-4-10-16/h6-9,11,14-16H,4-5,10H2,1-3H3. The molecule has 1 atom stereocenters. The molecule has 1 aromatic rings. The zero-order chi connectivity index (χ0) is 12.7. The van der Waals surface area contributed by atoms with Gasteiger partial charge < -0.3 is 10.4 Å². The monoisotopic (exact) mass is 253 g/mol. The van der Waals surface area contributed by atoms with Crippen molar-refractivity contribution in [1.29, 1.82) is 0 Å². The van der Waals surface area contributed by atoms with E-state index in [1.165, 1.54) is 10.5 Å². The molecule has 0 radical (unpaired) electrons. The Morgan fingerprint density at radius 3 is 2.35 bits per heavy atom. The molecule has 0 saturated carbocycles. The van der Waals surface area contributed by atoms with Crippen LogP contribution >= 0.6 is 11.8 Å². The lowest BCUT2D eigenvalue weighted by molar-refractivity contribution is 0.276. The fourth-order valence-corrected chi connectivity index (χ4v) is 2.66. The van der Waals surface area contributed by atoms with Crippen LogP contribution in [0.2, 0.25) is 0 Å². The Morgan fingerprint density at radius 1 is 1.24 bits per heavy atom. The van der Waals surface area contributed by atoms with Crippen molar-refractivity contribution >= 4 is 11.8 Å². The van der Waals surface area contributed by atoms with E-state index in [1.54, 1.807) is 0 Å². The van der Waals surface area contributed by atoms with E-state index in [9.17, 15) is 0 Å². The van der Waals surface area contributed by atoms with Crippen LogP contribution in [-0.2, 0) is 0 Å². The first-order valence-corrected chi connectivity index (χ1v) is 7.10. The van der Waals surface area contributed by atoms with E-state index in [-0.39, 0.29) is 6.61 Å². The minimum absolute atomic E-state index is 0.263. The van der Waals surface area contributed by atoms with Gasteiger partial charge in [0.05, 0.1) is 0 Å². The molecule has 2 N–H and O–H groups in total. The summed E-state index contributed by atoms with van der Waals surface area (Å²) >= 11 is 1.88. The maximum Gasteiger partial charge on any atom is 0.0431 e. The molecule has 1 aromatic carbocycles. The van der Waals surface area contributed by atoms with Gasteiger partial charge in [-0.15, -0.1) is 11.8 Å². The van der Waals surface area contributed by atoms with Crippen LogP contribution in [0.4, 0.5) is 0 Å². The third-order valence-electron chi connectivity index (χ3n) is 2.65. The Morgan fingerprint density at radius 2 is 1.88 bits per heavy atom. The number of benzene rings is 1. The van der Waals surface area contributed by atoms with Crippen LogP contribution < -0.4 is 5.32 Å². The molecule has 0 spiro atoms. The summed E-state index contributed by atoms with van der Waals surface area (Å²) in [7, 11) is 1.97. The van der Waals surface area contributed by atoms with Crippen molar-refractivity contribution in [2.24, 2.45) is 0 Å². The third kappa shape index (κ3) is 5.11. The van der Waals surface area contributed by atoms with Crippen LogP contribution in [-0.4, -0.2) is 24.0 Å². The Bertz CT molecular complexity index is 311. The molecular formula is C14H23NOS. The molecule has 0 aliphatic rings. The van der Waals surface area contributed by atoms with Gasteiger partial charge in [-0.3, -0.25) is 0 Å². The second-order valence-electron chi connectivity index (χ2n) is 4.44. The van der Waals surface area contributed by atoms with Crippen molar-refractivity contribution in [3.05, 3.63) is 29.8 Å². The van der Waals surface area contributed by atoms with E-state index >= 15 is 0 Å². The van der Waals surface area contributed by atoms with Crippen molar-refractivity contribution in [2.75, 3.05) is 13.7 Å². The molecule has 0 bridgehead atoms. The average Bonchev–Trinajstić information content (AvgIpc) is 2.31. The summed E-state index contributed by atoms with van der Waals surface area (Å²) < 4.78 is 0. The number of hydrogen-bond donors (Lipinski definition) is 2. The molecule has 3 heteroatoms. The molecule has 1 unspecified atom stereocenters. The Hall–Kier alpha value is -0.510. The highest BCUT2D eigenvalue weighted by Crippen LogP contribution is 2.25. The summed E-state index contributed by atoms with van der Waals surface area (Å²) in [4.78, 5) is 1.32. The van der Waals surface area contributed by atoms with Crippen molar-refractivity contribution < 1.29 is 5.11 Å². The number of nitrogens with one attached hydrogen (secondary N) is 1. The van der Waals surface area contributed by atoms with Gasteiger partial charge in [0.1, 0.15) is 0 Å². The fraction of sp³-hybridized carbons (Fsp3) is 0.571. The second kappa shape index (κ2) is 7.75. The SMILES string of the molecule is CNC(CCCO)c1ccc(SC(C)C)cc1. The normalized spacial score (nSPS) is 13.0. The first kappa shape index (κ1) is 14.6. The zero-order valence-electron chi connectivity index (χ0n) is 10.9. The van der Waals surface area contributed by atoms with Gasteiger partial charge in [-0.1, -0.05) is 26.0 Å². The van der Waals surface area contributed by atoms with Crippen LogP contribution in [0.25, 0.3) is 0 Å². The minimum atomic E-state index is 0.263. The molecule has 2 nitrogen and oxygen atoms in total. The third-order valence-corrected chi connectivity index (χ3v) is 3.67. The topological polar surface area (TPSA) is 32.3 Å². The molecule has 96 valence electrons. The Labute approximate surface area is 109 Å². The van der Waals surface area contributed by atoms with Crippen LogP contribution in [0.3, 0.4) is 0 Å². The highest BCUT2D eigenvalue weighted by molar-refractivity contribution is 7.99. The predicted molar refractivity (Wildman–Crippen MR) is 75.6 cm³/mol. The largest absolute Gasteiger partial charge is 0.396 e. The maximum atomic E-state index is 8.87. The Kier molecular flexibility index (Phi) is 6.63. The summed E-state index contributed by atoms with van der Waals surface area (Å²) in [5, 5.41) is 12.8. The van der Waals surface area contributed by atoms with Crippen LogP contribution in [0.5, 0.6) is 0 Å². The van der Waals surface area contributed by atoms with Gasteiger partial charge in [0, 0.05) is 22.8 Å². The van der Waals surface area contributed by atoms with Crippen LogP contribution in [0.15, 0.2) is 29.2 Å². The average molecular weight is 253 g/mol.